The zero-order valence-electron chi connectivity index (χ0n) is 17.8. The van der Waals surface area contributed by atoms with Gasteiger partial charge in [0.1, 0.15) is 11.4 Å². The van der Waals surface area contributed by atoms with Crippen molar-refractivity contribution in [2.45, 2.75) is 82.9 Å². The molecular formula is C22H29BrN4O3. The third-order valence-corrected chi connectivity index (χ3v) is 6.96. The second-order valence-electron chi connectivity index (χ2n) is 9.99. The number of aromatic nitrogens is 3. The third-order valence-electron chi connectivity index (χ3n) is 6.42. The molecule has 2 bridgehead atoms. The molecule has 30 heavy (non-hydrogen) atoms. The largest absolute Gasteiger partial charge is 0.493 e. The highest BCUT2D eigenvalue weighted by atomic mass is 79.9. The van der Waals surface area contributed by atoms with Crippen LogP contribution in [0.5, 0.6) is 5.75 Å². The van der Waals surface area contributed by atoms with E-state index in [0.717, 1.165) is 41.8 Å². The summed E-state index contributed by atoms with van der Waals surface area (Å²) >= 11 is 3.46. The predicted molar refractivity (Wildman–Crippen MR) is 116 cm³/mol. The molecule has 162 valence electrons. The van der Waals surface area contributed by atoms with E-state index in [1.807, 2.05) is 36.1 Å². The van der Waals surface area contributed by atoms with Crippen LogP contribution in [0.1, 0.15) is 70.8 Å². The molecule has 1 amide bonds. The molecule has 0 radical (unpaired) electrons. The third kappa shape index (κ3) is 3.90. The Labute approximate surface area is 185 Å². The maximum atomic E-state index is 12.7. The molecule has 2 aromatic heterocycles. The zero-order chi connectivity index (χ0) is 21.0. The highest BCUT2D eigenvalue weighted by molar-refractivity contribution is 9.10. The lowest BCUT2D eigenvalue weighted by Crippen LogP contribution is -2.49. The van der Waals surface area contributed by atoms with Crippen LogP contribution in [0.3, 0.4) is 0 Å². The Balaban J connectivity index is 1.26. The lowest BCUT2D eigenvalue weighted by Gasteiger charge is -2.39. The fraction of sp³-hybridized carbons (Fsp3) is 0.682. The van der Waals surface area contributed by atoms with Gasteiger partial charge in [-0.3, -0.25) is 4.40 Å². The van der Waals surface area contributed by atoms with Gasteiger partial charge in [0.2, 0.25) is 4.73 Å². The predicted octanol–water partition coefficient (Wildman–Crippen LogP) is 4.93. The number of fused-ring (bicyclic) bond motifs is 3. The number of hydrogen-bond acceptors (Lipinski definition) is 5. The van der Waals surface area contributed by atoms with Crippen molar-refractivity contribution in [1.82, 2.24) is 19.5 Å². The number of pyridine rings is 1. The van der Waals surface area contributed by atoms with Crippen LogP contribution in [-0.4, -0.2) is 49.9 Å². The molecule has 3 atom stereocenters. The summed E-state index contributed by atoms with van der Waals surface area (Å²) in [5.74, 6) is 1.96. The fourth-order valence-corrected chi connectivity index (χ4v) is 5.34. The van der Waals surface area contributed by atoms with Crippen LogP contribution in [0.4, 0.5) is 4.79 Å². The van der Waals surface area contributed by atoms with Gasteiger partial charge in [0.05, 0.1) is 6.61 Å². The number of rotatable bonds is 4. The number of amides is 1. The van der Waals surface area contributed by atoms with Crippen LogP contribution in [0.15, 0.2) is 17.0 Å². The average molecular weight is 477 g/mol. The van der Waals surface area contributed by atoms with Gasteiger partial charge in [-0.2, -0.15) is 0 Å². The van der Waals surface area contributed by atoms with Crippen molar-refractivity contribution in [3.05, 3.63) is 22.6 Å². The monoisotopic (exact) mass is 476 g/mol. The van der Waals surface area contributed by atoms with Crippen molar-refractivity contribution in [3.8, 4) is 5.75 Å². The summed E-state index contributed by atoms with van der Waals surface area (Å²) < 4.78 is 14.7. The van der Waals surface area contributed by atoms with Crippen molar-refractivity contribution in [2.75, 3.05) is 6.61 Å². The van der Waals surface area contributed by atoms with E-state index >= 15 is 0 Å². The lowest BCUT2D eigenvalue weighted by molar-refractivity contribution is -0.000986. The van der Waals surface area contributed by atoms with Crippen LogP contribution in [0.2, 0.25) is 0 Å². The first-order chi connectivity index (χ1) is 14.3. The first-order valence-electron chi connectivity index (χ1n) is 11.0. The molecule has 0 aromatic carbocycles. The maximum absolute atomic E-state index is 12.7. The molecule has 0 N–H and O–H groups in total. The van der Waals surface area contributed by atoms with Gasteiger partial charge in [-0.15, -0.1) is 10.2 Å². The second-order valence-corrected chi connectivity index (χ2v) is 10.7. The first-order valence-corrected chi connectivity index (χ1v) is 11.8. The van der Waals surface area contributed by atoms with E-state index in [9.17, 15) is 4.79 Å². The van der Waals surface area contributed by atoms with E-state index < -0.39 is 5.60 Å². The highest BCUT2D eigenvalue weighted by Crippen LogP contribution is 2.45. The van der Waals surface area contributed by atoms with Crippen LogP contribution >= 0.6 is 15.9 Å². The molecule has 4 heterocycles. The average Bonchev–Trinajstić information content (AvgIpc) is 3.40. The smallest absolute Gasteiger partial charge is 0.410 e. The topological polar surface area (TPSA) is 69.0 Å². The van der Waals surface area contributed by atoms with E-state index in [1.165, 1.54) is 18.4 Å². The normalized spacial score (nSPS) is 26.3. The quantitative estimate of drug-likeness (QED) is 0.625. The van der Waals surface area contributed by atoms with Crippen LogP contribution < -0.4 is 4.74 Å². The van der Waals surface area contributed by atoms with Crippen LogP contribution in [0, 0.1) is 5.92 Å². The number of nitrogens with zero attached hydrogens (tertiary/aromatic N) is 4. The Morgan fingerprint density at radius 2 is 1.87 bits per heavy atom. The molecule has 8 heteroatoms. The summed E-state index contributed by atoms with van der Waals surface area (Å²) in [5.41, 5.74) is 1.59. The molecule has 0 spiro atoms. The SMILES string of the molecule is CC(C)(C)OC(=O)N1[C@@H]2CC[C@H]1C[C@@H](COc1cc3nnc(Br)n3cc1C1CC1)C2. The molecule has 3 aliphatic rings. The van der Waals surface area contributed by atoms with Gasteiger partial charge in [-0.25, -0.2) is 4.79 Å². The molecule has 5 rings (SSSR count). The van der Waals surface area contributed by atoms with E-state index in [4.69, 9.17) is 9.47 Å². The minimum atomic E-state index is -0.453. The molecule has 7 nitrogen and oxygen atoms in total. The molecule has 0 unspecified atom stereocenters. The molecule has 1 saturated carbocycles. The Morgan fingerprint density at radius 1 is 1.17 bits per heavy atom. The van der Waals surface area contributed by atoms with Gasteiger partial charge in [0, 0.05) is 29.9 Å². The van der Waals surface area contributed by atoms with Gasteiger partial charge in [-0.1, -0.05) is 0 Å². The van der Waals surface area contributed by atoms with Gasteiger partial charge >= 0.3 is 6.09 Å². The molecule has 2 aromatic rings. The summed E-state index contributed by atoms with van der Waals surface area (Å²) in [6.45, 7) is 6.46. The minimum Gasteiger partial charge on any atom is -0.493 e. The number of hydrogen-bond donors (Lipinski definition) is 0. The van der Waals surface area contributed by atoms with Crippen molar-refractivity contribution in [3.63, 3.8) is 0 Å². The Morgan fingerprint density at radius 3 is 2.50 bits per heavy atom. The van der Waals surface area contributed by atoms with E-state index in [1.54, 1.807) is 0 Å². The number of ether oxygens (including phenoxy) is 2. The molecule has 3 fully saturated rings. The lowest BCUT2D eigenvalue weighted by atomic mass is 9.91. The standard InChI is InChI=1S/C22H29BrN4O3/c1-22(2,3)30-21(28)27-15-6-7-16(27)9-13(8-15)12-29-18-10-19-24-25-20(23)26(19)11-17(18)14-4-5-14/h10-11,13-16H,4-9,12H2,1-3H3/t13-,15+,16-. The van der Waals surface area contributed by atoms with Crippen molar-refractivity contribution >= 4 is 27.7 Å². The number of piperidine rings is 1. The first kappa shape index (κ1) is 20.1. The second kappa shape index (κ2) is 7.39. The van der Waals surface area contributed by atoms with E-state index in [-0.39, 0.29) is 18.2 Å². The van der Waals surface area contributed by atoms with Gasteiger partial charge in [0.15, 0.2) is 5.65 Å². The summed E-state index contributed by atoms with van der Waals surface area (Å²) in [5, 5.41) is 8.33. The Kier molecular flexibility index (Phi) is 4.95. The number of halogens is 1. The Hall–Kier alpha value is -1.83. The van der Waals surface area contributed by atoms with Gasteiger partial charge < -0.3 is 14.4 Å². The Bertz CT molecular complexity index is 951. The van der Waals surface area contributed by atoms with E-state index in [0.29, 0.717) is 18.4 Å². The number of carbonyl (C=O) groups excluding carboxylic acids is 1. The van der Waals surface area contributed by atoms with Gasteiger partial charge in [0.25, 0.3) is 0 Å². The molecule has 1 aliphatic carbocycles. The highest BCUT2D eigenvalue weighted by Gasteiger charge is 2.45. The zero-order valence-corrected chi connectivity index (χ0v) is 19.4. The summed E-state index contributed by atoms with van der Waals surface area (Å²) in [7, 11) is 0. The molecule has 2 aliphatic heterocycles. The van der Waals surface area contributed by atoms with Crippen LogP contribution in [-0.2, 0) is 4.74 Å². The van der Waals surface area contributed by atoms with Crippen molar-refractivity contribution < 1.29 is 14.3 Å². The summed E-state index contributed by atoms with van der Waals surface area (Å²) in [6, 6.07) is 2.55. The summed E-state index contributed by atoms with van der Waals surface area (Å²) in [4.78, 5) is 14.7. The maximum Gasteiger partial charge on any atom is 0.410 e. The molecule has 2 saturated heterocycles. The number of carbonyl (C=O) groups is 1. The fourth-order valence-electron chi connectivity index (χ4n) is 4.98. The van der Waals surface area contributed by atoms with Gasteiger partial charge in [-0.05, 0) is 87.1 Å². The minimum absolute atomic E-state index is 0.159. The van der Waals surface area contributed by atoms with Crippen LogP contribution in [0.25, 0.3) is 5.65 Å². The molecular weight excluding hydrogens is 448 g/mol. The summed E-state index contributed by atoms with van der Waals surface area (Å²) in [6.07, 6.45) is 8.45. The van der Waals surface area contributed by atoms with Crippen molar-refractivity contribution in [1.29, 1.82) is 0 Å². The van der Waals surface area contributed by atoms with Crippen molar-refractivity contribution in [2.24, 2.45) is 5.92 Å². The van der Waals surface area contributed by atoms with E-state index in [2.05, 4.69) is 32.3 Å².